The van der Waals surface area contributed by atoms with Gasteiger partial charge in [0.15, 0.2) is 5.78 Å². The second-order valence-corrected chi connectivity index (χ2v) is 8.33. The first-order chi connectivity index (χ1) is 12.2. The summed E-state index contributed by atoms with van der Waals surface area (Å²) in [6.07, 6.45) is 3.69. The maximum atomic E-state index is 13.1. The van der Waals surface area contributed by atoms with Crippen LogP contribution >= 0.6 is 11.6 Å². The van der Waals surface area contributed by atoms with E-state index in [0.29, 0.717) is 6.61 Å². The van der Waals surface area contributed by atoms with E-state index in [9.17, 15) is 18.0 Å². The normalized spacial score (nSPS) is 14.8. The fourth-order valence-corrected chi connectivity index (χ4v) is 3.94. The molecule has 1 fully saturated rings. The van der Waals surface area contributed by atoms with Gasteiger partial charge >= 0.3 is 0 Å². The quantitative estimate of drug-likeness (QED) is 0.209. The molecule has 142 valence electrons. The van der Waals surface area contributed by atoms with E-state index in [0.717, 1.165) is 23.4 Å². The van der Waals surface area contributed by atoms with E-state index >= 15 is 0 Å². The van der Waals surface area contributed by atoms with Crippen molar-refractivity contribution in [3.8, 4) is 0 Å². The van der Waals surface area contributed by atoms with Gasteiger partial charge < -0.3 is 4.74 Å². The molecule has 1 aliphatic rings. The highest BCUT2D eigenvalue weighted by Crippen LogP contribution is 2.36. The predicted octanol–water partition coefficient (Wildman–Crippen LogP) is 3.21. The topological polar surface area (TPSA) is 80.8 Å². The summed E-state index contributed by atoms with van der Waals surface area (Å²) in [5, 5.41) is 0.123. The first-order valence-electron chi connectivity index (χ1n) is 8.39. The van der Waals surface area contributed by atoms with Gasteiger partial charge in [0.25, 0.3) is 0 Å². The second kappa shape index (κ2) is 8.22. The van der Waals surface area contributed by atoms with Crippen molar-refractivity contribution < 1.29 is 22.7 Å². The van der Waals surface area contributed by atoms with Gasteiger partial charge in [-0.3, -0.25) is 13.9 Å². The van der Waals surface area contributed by atoms with Crippen LogP contribution < -0.4 is 4.31 Å². The minimum atomic E-state index is -3.65. The third-order valence-corrected chi connectivity index (χ3v) is 5.54. The average molecular weight is 400 g/mol. The van der Waals surface area contributed by atoms with Crippen molar-refractivity contribution in [1.82, 2.24) is 0 Å². The monoisotopic (exact) mass is 399 g/mol. The van der Waals surface area contributed by atoms with E-state index in [-0.39, 0.29) is 40.1 Å². The van der Waals surface area contributed by atoms with Crippen LogP contribution in [0.3, 0.4) is 0 Å². The van der Waals surface area contributed by atoms with E-state index in [1.165, 1.54) is 18.4 Å². The largest absolute Gasteiger partial charge is 0.501 e. The molecule has 0 radical (unpaired) electrons. The second-order valence-electron chi connectivity index (χ2n) is 6.02. The smallest absolute Gasteiger partial charge is 0.232 e. The van der Waals surface area contributed by atoms with Crippen LogP contribution in [0.4, 0.5) is 5.69 Å². The molecule has 8 heteroatoms. The first kappa shape index (κ1) is 20.5. The third-order valence-electron chi connectivity index (χ3n) is 3.99. The molecule has 26 heavy (non-hydrogen) atoms. The maximum Gasteiger partial charge on any atom is 0.232 e. The van der Waals surface area contributed by atoms with Crippen LogP contribution in [0.2, 0.25) is 5.02 Å². The van der Waals surface area contributed by atoms with Crippen molar-refractivity contribution >= 4 is 38.9 Å². The molecule has 0 unspecified atom stereocenters. The Kier molecular flexibility index (Phi) is 6.47. The summed E-state index contributed by atoms with van der Waals surface area (Å²) in [4.78, 5) is 25.6. The lowest BCUT2D eigenvalue weighted by Gasteiger charge is -2.24. The average Bonchev–Trinajstić information content (AvgIpc) is 3.40. The Bertz CT molecular complexity index is 843. The molecule has 1 aromatic carbocycles. The van der Waals surface area contributed by atoms with Gasteiger partial charge in [-0.25, -0.2) is 8.42 Å². The first-order valence-corrected chi connectivity index (χ1v) is 10.6. The van der Waals surface area contributed by atoms with Gasteiger partial charge in [0.1, 0.15) is 5.57 Å². The molecule has 0 amide bonds. The number of hydrogen-bond donors (Lipinski definition) is 0. The number of ketones is 2. The molecule has 0 N–H and O–H groups in total. The van der Waals surface area contributed by atoms with Crippen LogP contribution in [0.5, 0.6) is 0 Å². The van der Waals surface area contributed by atoms with E-state index in [1.807, 2.05) is 0 Å². The molecule has 2 rings (SSSR count). The lowest BCUT2D eigenvalue weighted by molar-refractivity contribution is -0.116. The van der Waals surface area contributed by atoms with Crippen molar-refractivity contribution in [2.45, 2.75) is 26.7 Å². The van der Waals surface area contributed by atoms with E-state index in [1.54, 1.807) is 19.9 Å². The van der Waals surface area contributed by atoms with E-state index < -0.39 is 15.8 Å². The van der Waals surface area contributed by atoms with E-state index in [2.05, 4.69) is 0 Å². The Morgan fingerprint density at radius 3 is 2.46 bits per heavy atom. The molecular formula is C18H22ClNO5S. The van der Waals surface area contributed by atoms with Crippen LogP contribution in [-0.4, -0.2) is 39.4 Å². The number of para-hydroxylation sites is 1. The van der Waals surface area contributed by atoms with Crippen LogP contribution in [0.1, 0.15) is 37.0 Å². The molecule has 0 heterocycles. The highest BCUT2D eigenvalue weighted by Gasteiger charge is 2.36. The number of nitrogens with zero attached hydrogens (tertiary/aromatic N) is 1. The van der Waals surface area contributed by atoms with Crippen molar-refractivity contribution in [1.29, 1.82) is 0 Å². The fraction of sp³-hybridized carbons (Fsp3) is 0.444. The number of allylic oxidation sites excluding steroid dienone is 1. The van der Waals surface area contributed by atoms with Crippen LogP contribution in [0.25, 0.3) is 0 Å². The molecular weight excluding hydrogens is 378 g/mol. The Balaban J connectivity index is 2.57. The van der Waals surface area contributed by atoms with Gasteiger partial charge in [-0.1, -0.05) is 17.7 Å². The van der Waals surface area contributed by atoms with Gasteiger partial charge in [0, 0.05) is 18.0 Å². The Labute approximate surface area is 158 Å². The number of carbonyl (C=O) groups excluding carboxylic acids is 2. The Morgan fingerprint density at radius 2 is 1.96 bits per heavy atom. The molecule has 1 saturated carbocycles. The molecule has 0 saturated heterocycles. The van der Waals surface area contributed by atoms with Crippen molar-refractivity contribution in [2.24, 2.45) is 5.92 Å². The summed E-state index contributed by atoms with van der Waals surface area (Å²) in [6, 6.07) is 4.53. The summed E-state index contributed by atoms with van der Waals surface area (Å²) < 4.78 is 30.5. The standard InChI is InChI=1S/C18H22ClNO5S/c1-4-20(26(3,23)24)16-13(7-6-8-15(16)19)18(22)14(11-25-5-2)17(21)12-9-10-12/h6-8,11-12H,4-5,9-10H2,1-3H3/b14-11-. The van der Waals surface area contributed by atoms with Crippen LogP contribution in [-0.2, 0) is 19.6 Å². The fourth-order valence-electron chi connectivity index (χ4n) is 2.61. The lowest BCUT2D eigenvalue weighted by atomic mass is 9.97. The zero-order valence-corrected chi connectivity index (χ0v) is 16.6. The summed E-state index contributed by atoms with van der Waals surface area (Å²) in [7, 11) is -3.65. The van der Waals surface area contributed by atoms with Crippen molar-refractivity contribution in [2.75, 3.05) is 23.7 Å². The number of benzene rings is 1. The minimum absolute atomic E-state index is 0.0599. The summed E-state index contributed by atoms with van der Waals surface area (Å²) in [5.41, 5.74) is 0.0577. The minimum Gasteiger partial charge on any atom is -0.501 e. The van der Waals surface area contributed by atoms with Crippen LogP contribution in [0.15, 0.2) is 30.0 Å². The summed E-state index contributed by atoms with van der Waals surface area (Å²) >= 11 is 6.22. The predicted molar refractivity (Wildman–Crippen MR) is 101 cm³/mol. The SMILES string of the molecule is CCO/C=C(\C(=O)c1cccc(Cl)c1N(CC)S(C)(=O)=O)C(=O)C1CC1. The molecule has 1 aliphatic carbocycles. The van der Waals surface area contributed by atoms with Gasteiger partial charge in [-0.2, -0.15) is 0 Å². The summed E-state index contributed by atoms with van der Waals surface area (Å²) in [6.45, 7) is 3.80. The zero-order valence-electron chi connectivity index (χ0n) is 15.0. The number of rotatable bonds is 9. The van der Waals surface area contributed by atoms with Gasteiger partial charge in [0.05, 0.1) is 29.8 Å². The molecule has 0 aromatic heterocycles. The molecule has 6 nitrogen and oxygen atoms in total. The van der Waals surface area contributed by atoms with E-state index in [4.69, 9.17) is 16.3 Å². The number of halogens is 1. The lowest BCUT2D eigenvalue weighted by Crippen LogP contribution is -2.31. The molecule has 0 spiro atoms. The zero-order chi connectivity index (χ0) is 19.5. The number of Topliss-reactive ketones (excluding diaryl/α,β-unsaturated/α-hetero) is 2. The highest BCUT2D eigenvalue weighted by molar-refractivity contribution is 7.92. The number of ether oxygens (including phenoxy) is 1. The number of sulfonamides is 1. The number of hydrogen-bond acceptors (Lipinski definition) is 5. The van der Waals surface area contributed by atoms with Gasteiger partial charge in [-0.05, 0) is 38.8 Å². The summed E-state index contributed by atoms with van der Waals surface area (Å²) in [5.74, 6) is -1.04. The van der Waals surface area contributed by atoms with Crippen molar-refractivity contribution in [3.05, 3.63) is 40.6 Å². The third kappa shape index (κ3) is 4.45. The van der Waals surface area contributed by atoms with Crippen LogP contribution in [0, 0.1) is 5.92 Å². The maximum absolute atomic E-state index is 13.1. The molecule has 1 aromatic rings. The number of carbonyl (C=O) groups is 2. The number of anilines is 1. The van der Waals surface area contributed by atoms with Crippen molar-refractivity contribution in [3.63, 3.8) is 0 Å². The van der Waals surface area contributed by atoms with Gasteiger partial charge in [-0.15, -0.1) is 0 Å². The molecule has 0 atom stereocenters. The molecule has 0 aliphatic heterocycles. The van der Waals surface area contributed by atoms with Gasteiger partial charge in [0.2, 0.25) is 15.8 Å². The highest BCUT2D eigenvalue weighted by atomic mass is 35.5. The Hall–Kier alpha value is -1.86. The Morgan fingerprint density at radius 1 is 1.31 bits per heavy atom. The molecule has 0 bridgehead atoms.